The summed E-state index contributed by atoms with van der Waals surface area (Å²) in [6, 6.07) is 8.38. The molecule has 0 N–H and O–H groups in total. The molecular formula is C17H20N2O2. The quantitative estimate of drug-likeness (QED) is 0.791. The van der Waals surface area contributed by atoms with Gasteiger partial charge >= 0.3 is 5.97 Å². The number of rotatable bonds is 5. The Morgan fingerprint density at radius 2 is 2.24 bits per heavy atom. The summed E-state index contributed by atoms with van der Waals surface area (Å²) in [6.07, 6.45) is 3.92. The highest BCUT2D eigenvalue weighted by atomic mass is 16.5. The van der Waals surface area contributed by atoms with Crippen molar-refractivity contribution in [1.29, 1.82) is 0 Å². The summed E-state index contributed by atoms with van der Waals surface area (Å²) in [5.74, 6) is 0.201. The number of benzene rings is 1. The third-order valence-electron chi connectivity index (χ3n) is 3.75. The van der Waals surface area contributed by atoms with Gasteiger partial charge in [-0.15, -0.1) is 0 Å². The van der Waals surface area contributed by atoms with Crippen LogP contribution in [0.3, 0.4) is 0 Å². The Kier molecular flexibility index (Phi) is 3.78. The van der Waals surface area contributed by atoms with E-state index >= 15 is 0 Å². The van der Waals surface area contributed by atoms with Crippen LogP contribution in [0.25, 0.3) is 0 Å². The maximum atomic E-state index is 12.0. The number of esters is 1. The molecule has 21 heavy (non-hydrogen) atoms. The first-order valence-electron chi connectivity index (χ1n) is 7.47. The molecule has 0 spiro atoms. The van der Waals surface area contributed by atoms with Crippen LogP contribution in [0.2, 0.25) is 0 Å². The number of aromatic nitrogens is 2. The molecule has 3 rings (SSSR count). The summed E-state index contributed by atoms with van der Waals surface area (Å²) in [4.78, 5) is 12.0. The average molecular weight is 284 g/mol. The molecule has 2 aromatic rings. The molecule has 1 heterocycles. The molecule has 0 saturated heterocycles. The van der Waals surface area contributed by atoms with E-state index in [2.05, 4.69) is 36.3 Å². The lowest BCUT2D eigenvalue weighted by molar-refractivity contribution is 0.0525. The molecule has 0 radical (unpaired) electrons. The molecule has 1 saturated carbocycles. The second kappa shape index (κ2) is 5.72. The van der Waals surface area contributed by atoms with E-state index in [0.717, 1.165) is 18.5 Å². The smallest absolute Gasteiger partial charge is 0.341 e. The molecule has 0 atom stereocenters. The molecule has 1 aromatic heterocycles. The summed E-state index contributed by atoms with van der Waals surface area (Å²) in [5, 5.41) is 4.42. The number of ether oxygens (including phenoxy) is 1. The SMILES string of the molecule is CCOC(=O)c1cnn(Cc2cccc(C)c2)c1C1CC1. The maximum Gasteiger partial charge on any atom is 0.341 e. The third-order valence-corrected chi connectivity index (χ3v) is 3.75. The highest BCUT2D eigenvalue weighted by Gasteiger charge is 2.32. The molecule has 1 aromatic carbocycles. The van der Waals surface area contributed by atoms with Crippen molar-refractivity contribution in [2.45, 2.75) is 39.2 Å². The molecule has 0 unspecified atom stereocenters. The van der Waals surface area contributed by atoms with Crippen molar-refractivity contribution in [2.24, 2.45) is 0 Å². The molecule has 0 aliphatic heterocycles. The highest BCUT2D eigenvalue weighted by molar-refractivity contribution is 5.90. The van der Waals surface area contributed by atoms with E-state index in [1.54, 1.807) is 6.20 Å². The minimum atomic E-state index is -0.255. The first-order chi connectivity index (χ1) is 10.2. The predicted molar refractivity (Wildman–Crippen MR) is 80.4 cm³/mol. The zero-order valence-electron chi connectivity index (χ0n) is 12.5. The Hall–Kier alpha value is -2.10. The zero-order chi connectivity index (χ0) is 14.8. The van der Waals surface area contributed by atoms with Crippen LogP contribution in [0.1, 0.15) is 52.9 Å². The van der Waals surface area contributed by atoms with Crippen LogP contribution in [-0.4, -0.2) is 22.4 Å². The standard InChI is InChI=1S/C17H20N2O2/c1-3-21-17(20)15-10-18-19(16(15)14-7-8-14)11-13-6-4-5-12(2)9-13/h4-6,9-10,14H,3,7-8,11H2,1-2H3. The fourth-order valence-corrected chi connectivity index (χ4v) is 2.66. The topological polar surface area (TPSA) is 44.1 Å². The van der Waals surface area contributed by atoms with Crippen LogP contribution in [0.4, 0.5) is 0 Å². The predicted octanol–water partition coefficient (Wildman–Crippen LogP) is 3.29. The van der Waals surface area contributed by atoms with Crippen molar-refractivity contribution in [3.63, 3.8) is 0 Å². The van der Waals surface area contributed by atoms with Gasteiger partial charge in [-0.25, -0.2) is 4.79 Å². The fourth-order valence-electron chi connectivity index (χ4n) is 2.66. The second-order valence-electron chi connectivity index (χ2n) is 5.58. The molecule has 4 heteroatoms. The van der Waals surface area contributed by atoms with Gasteiger partial charge in [0.15, 0.2) is 0 Å². The van der Waals surface area contributed by atoms with E-state index in [-0.39, 0.29) is 5.97 Å². The summed E-state index contributed by atoms with van der Waals surface area (Å²) < 4.78 is 7.09. The molecule has 110 valence electrons. The van der Waals surface area contributed by atoms with Crippen molar-refractivity contribution < 1.29 is 9.53 Å². The van der Waals surface area contributed by atoms with E-state index < -0.39 is 0 Å². The number of carbonyl (C=O) groups is 1. The van der Waals surface area contributed by atoms with Crippen molar-refractivity contribution in [3.8, 4) is 0 Å². The van der Waals surface area contributed by atoms with Crippen LogP contribution in [0, 0.1) is 6.92 Å². The van der Waals surface area contributed by atoms with Gasteiger partial charge in [0.1, 0.15) is 5.56 Å². The van der Waals surface area contributed by atoms with Crippen molar-refractivity contribution in [1.82, 2.24) is 9.78 Å². The first-order valence-corrected chi connectivity index (χ1v) is 7.47. The lowest BCUT2D eigenvalue weighted by Gasteiger charge is -2.09. The Bertz CT molecular complexity index is 657. The highest BCUT2D eigenvalue weighted by Crippen LogP contribution is 2.42. The Balaban J connectivity index is 1.90. The zero-order valence-corrected chi connectivity index (χ0v) is 12.5. The summed E-state index contributed by atoms with van der Waals surface area (Å²) in [5.41, 5.74) is 4.11. The van der Waals surface area contributed by atoms with Gasteiger partial charge in [0, 0.05) is 5.92 Å². The molecular weight excluding hydrogens is 264 g/mol. The Morgan fingerprint density at radius 3 is 2.90 bits per heavy atom. The number of hydrogen-bond donors (Lipinski definition) is 0. The summed E-state index contributed by atoms with van der Waals surface area (Å²) in [6.45, 7) is 5.00. The van der Waals surface area contributed by atoms with Crippen molar-refractivity contribution in [2.75, 3.05) is 6.61 Å². The van der Waals surface area contributed by atoms with Crippen molar-refractivity contribution in [3.05, 3.63) is 52.8 Å². The minimum absolute atomic E-state index is 0.255. The van der Waals surface area contributed by atoms with E-state index in [1.165, 1.54) is 11.1 Å². The summed E-state index contributed by atoms with van der Waals surface area (Å²) in [7, 11) is 0. The van der Waals surface area contributed by atoms with Gasteiger partial charge in [0.2, 0.25) is 0 Å². The van der Waals surface area contributed by atoms with Gasteiger partial charge in [-0.3, -0.25) is 4.68 Å². The number of nitrogens with zero attached hydrogens (tertiary/aromatic N) is 2. The van der Waals surface area contributed by atoms with Crippen molar-refractivity contribution >= 4 is 5.97 Å². The fraction of sp³-hybridized carbons (Fsp3) is 0.412. The largest absolute Gasteiger partial charge is 0.462 e. The van der Waals surface area contributed by atoms with Gasteiger partial charge in [0.25, 0.3) is 0 Å². The van der Waals surface area contributed by atoms with Crippen LogP contribution in [0.5, 0.6) is 0 Å². The second-order valence-corrected chi connectivity index (χ2v) is 5.58. The number of carbonyl (C=O) groups excluding carboxylic acids is 1. The van der Waals surface area contributed by atoms with Gasteiger partial charge in [-0.05, 0) is 32.3 Å². The number of aryl methyl sites for hydroxylation is 1. The molecule has 1 fully saturated rings. The average Bonchev–Trinajstić information content (AvgIpc) is 3.20. The monoisotopic (exact) mass is 284 g/mol. The van der Waals surface area contributed by atoms with Gasteiger partial charge in [-0.1, -0.05) is 29.8 Å². The minimum Gasteiger partial charge on any atom is -0.462 e. The number of hydrogen-bond acceptors (Lipinski definition) is 3. The Morgan fingerprint density at radius 1 is 1.43 bits per heavy atom. The van der Waals surface area contributed by atoms with E-state index in [1.807, 2.05) is 11.6 Å². The van der Waals surface area contributed by atoms with E-state index in [9.17, 15) is 4.79 Å². The van der Waals surface area contributed by atoms with Gasteiger partial charge < -0.3 is 4.74 Å². The van der Waals surface area contributed by atoms with Gasteiger partial charge in [-0.2, -0.15) is 5.10 Å². The van der Waals surface area contributed by atoms with Crippen LogP contribution >= 0.6 is 0 Å². The molecule has 1 aliphatic rings. The molecule has 0 bridgehead atoms. The van der Waals surface area contributed by atoms with Crippen LogP contribution < -0.4 is 0 Å². The lowest BCUT2D eigenvalue weighted by atomic mass is 10.1. The normalized spacial score (nSPS) is 14.2. The van der Waals surface area contributed by atoms with Crippen LogP contribution in [0.15, 0.2) is 30.5 Å². The molecule has 1 aliphatic carbocycles. The maximum absolute atomic E-state index is 12.0. The molecule has 4 nitrogen and oxygen atoms in total. The van der Waals surface area contributed by atoms with Crippen LogP contribution in [-0.2, 0) is 11.3 Å². The lowest BCUT2D eigenvalue weighted by Crippen LogP contribution is -2.10. The molecule has 0 amide bonds. The van der Waals surface area contributed by atoms with Gasteiger partial charge in [0.05, 0.1) is 25.0 Å². The third kappa shape index (κ3) is 2.99. The Labute approximate surface area is 124 Å². The van der Waals surface area contributed by atoms with E-state index in [0.29, 0.717) is 24.6 Å². The van der Waals surface area contributed by atoms with E-state index in [4.69, 9.17) is 4.74 Å². The first kappa shape index (κ1) is 13.9. The summed E-state index contributed by atoms with van der Waals surface area (Å²) >= 11 is 0.